The van der Waals surface area contributed by atoms with Crippen molar-refractivity contribution < 1.29 is 0 Å². The molecule has 0 fully saturated rings. The molecule has 0 bridgehead atoms. The molecule has 0 saturated heterocycles. The number of benzene rings is 2. The SMILES string of the molecule is Cc1c(C)c(C)c(N)c(C)c1C.Cc1cc(C(C)(C)C)c(N)c(C(C)(C)C)c1. The van der Waals surface area contributed by atoms with Gasteiger partial charge in [0.2, 0.25) is 0 Å². The number of nitrogen functional groups attached to an aromatic ring is 2. The Morgan fingerprint density at radius 2 is 0.786 bits per heavy atom. The second-order valence-corrected chi connectivity index (χ2v) is 10.3. The number of aryl methyl sites for hydroxylation is 1. The topological polar surface area (TPSA) is 52.0 Å². The standard InChI is InChI=1S/C15H25N.C11H17N/c1-10-8-11(14(2,3)4)13(16)12(9-10)15(5,6)7;1-6-7(2)9(4)11(12)10(5)8(6)3/h8-9H,16H2,1-7H3;12H2,1-5H3. The summed E-state index contributed by atoms with van der Waals surface area (Å²) in [6, 6.07) is 4.43. The Labute approximate surface area is 173 Å². The molecule has 2 aromatic rings. The molecule has 2 aromatic carbocycles. The summed E-state index contributed by atoms with van der Waals surface area (Å²) in [5, 5.41) is 0. The molecule has 0 aliphatic rings. The second kappa shape index (κ2) is 8.19. The van der Waals surface area contributed by atoms with Gasteiger partial charge in [-0.15, -0.1) is 0 Å². The van der Waals surface area contributed by atoms with Crippen molar-refractivity contribution in [1.82, 2.24) is 0 Å². The van der Waals surface area contributed by atoms with E-state index in [0.29, 0.717) is 0 Å². The van der Waals surface area contributed by atoms with Gasteiger partial charge >= 0.3 is 0 Å². The van der Waals surface area contributed by atoms with Crippen molar-refractivity contribution in [1.29, 1.82) is 0 Å². The van der Waals surface area contributed by atoms with Crippen LogP contribution in [0.3, 0.4) is 0 Å². The van der Waals surface area contributed by atoms with Gasteiger partial charge in [0.15, 0.2) is 0 Å². The predicted octanol–water partition coefficient (Wildman–Crippen LogP) is 6.98. The highest BCUT2D eigenvalue weighted by molar-refractivity contribution is 5.62. The van der Waals surface area contributed by atoms with Crippen LogP contribution >= 0.6 is 0 Å². The predicted molar refractivity (Wildman–Crippen MR) is 128 cm³/mol. The molecule has 0 amide bonds. The van der Waals surface area contributed by atoms with E-state index in [1.807, 2.05) is 0 Å². The summed E-state index contributed by atoms with van der Waals surface area (Å²) >= 11 is 0. The number of hydrogen-bond acceptors (Lipinski definition) is 2. The minimum atomic E-state index is 0.107. The Morgan fingerprint density at radius 3 is 1.07 bits per heavy atom. The van der Waals surface area contributed by atoms with E-state index in [-0.39, 0.29) is 10.8 Å². The first-order valence-corrected chi connectivity index (χ1v) is 10.2. The fourth-order valence-electron chi connectivity index (χ4n) is 3.57. The van der Waals surface area contributed by atoms with Crippen LogP contribution in [0.4, 0.5) is 11.4 Å². The molecule has 28 heavy (non-hydrogen) atoms. The third-order valence-electron chi connectivity index (χ3n) is 6.00. The monoisotopic (exact) mass is 382 g/mol. The Kier molecular flexibility index (Phi) is 7.04. The first-order chi connectivity index (χ1) is 12.5. The van der Waals surface area contributed by atoms with E-state index in [1.54, 1.807) is 0 Å². The quantitative estimate of drug-likeness (QED) is 0.483. The van der Waals surface area contributed by atoms with Gasteiger partial charge < -0.3 is 11.5 Å². The normalized spacial score (nSPS) is 11.9. The second-order valence-electron chi connectivity index (χ2n) is 10.3. The molecule has 0 atom stereocenters. The lowest BCUT2D eigenvalue weighted by Crippen LogP contribution is -2.20. The van der Waals surface area contributed by atoms with E-state index < -0.39 is 0 Å². The summed E-state index contributed by atoms with van der Waals surface area (Å²) in [7, 11) is 0. The molecule has 156 valence electrons. The molecule has 0 heterocycles. The Morgan fingerprint density at radius 1 is 0.500 bits per heavy atom. The molecule has 2 nitrogen and oxygen atoms in total. The van der Waals surface area contributed by atoms with Crippen LogP contribution < -0.4 is 11.5 Å². The highest BCUT2D eigenvalue weighted by atomic mass is 14.6. The molecule has 4 N–H and O–H groups in total. The minimum Gasteiger partial charge on any atom is -0.398 e. The van der Waals surface area contributed by atoms with E-state index >= 15 is 0 Å². The molecule has 0 radical (unpaired) electrons. The lowest BCUT2D eigenvalue weighted by molar-refractivity contribution is 0.572. The van der Waals surface area contributed by atoms with Crippen LogP contribution in [0.5, 0.6) is 0 Å². The lowest BCUT2D eigenvalue weighted by atomic mass is 9.78. The van der Waals surface area contributed by atoms with E-state index in [4.69, 9.17) is 11.5 Å². The molecule has 0 aliphatic heterocycles. The van der Waals surface area contributed by atoms with Crippen molar-refractivity contribution in [2.24, 2.45) is 0 Å². The zero-order valence-corrected chi connectivity index (χ0v) is 20.3. The Balaban J connectivity index is 0.000000292. The molecular formula is C26H42N2. The van der Waals surface area contributed by atoms with Gasteiger partial charge in [-0.25, -0.2) is 0 Å². The first kappa shape index (κ1) is 24.1. The number of hydrogen-bond donors (Lipinski definition) is 2. The summed E-state index contributed by atoms with van der Waals surface area (Å²) in [5.74, 6) is 0. The summed E-state index contributed by atoms with van der Waals surface area (Å²) in [4.78, 5) is 0. The van der Waals surface area contributed by atoms with Crippen LogP contribution in [-0.4, -0.2) is 0 Å². The maximum atomic E-state index is 6.32. The average molecular weight is 383 g/mol. The van der Waals surface area contributed by atoms with Crippen molar-refractivity contribution in [3.63, 3.8) is 0 Å². The highest BCUT2D eigenvalue weighted by Gasteiger charge is 2.24. The maximum absolute atomic E-state index is 6.32. The smallest absolute Gasteiger partial charge is 0.0390 e. The highest BCUT2D eigenvalue weighted by Crippen LogP contribution is 2.36. The molecule has 0 spiro atoms. The van der Waals surface area contributed by atoms with Crippen molar-refractivity contribution in [3.8, 4) is 0 Å². The van der Waals surface area contributed by atoms with Gasteiger partial charge in [-0.1, -0.05) is 59.2 Å². The Hall–Kier alpha value is -1.96. The van der Waals surface area contributed by atoms with Gasteiger partial charge in [0.25, 0.3) is 0 Å². The average Bonchev–Trinajstić information content (AvgIpc) is 2.57. The molecule has 2 heteroatoms. The lowest BCUT2D eigenvalue weighted by Gasteiger charge is -2.28. The maximum Gasteiger partial charge on any atom is 0.0390 e. The third-order valence-corrected chi connectivity index (χ3v) is 6.00. The van der Waals surface area contributed by atoms with Gasteiger partial charge in [0.1, 0.15) is 0 Å². The van der Waals surface area contributed by atoms with Crippen LogP contribution in [-0.2, 0) is 10.8 Å². The Bertz CT molecular complexity index is 719. The summed E-state index contributed by atoms with van der Waals surface area (Å²) in [6.45, 7) is 26.0. The summed E-state index contributed by atoms with van der Waals surface area (Å²) in [6.07, 6.45) is 0. The number of rotatable bonds is 0. The van der Waals surface area contributed by atoms with Crippen LogP contribution in [0.1, 0.15) is 86.1 Å². The molecule has 0 aromatic heterocycles. The van der Waals surface area contributed by atoms with Gasteiger partial charge in [-0.2, -0.15) is 0 Å². The van der Waals surface area contributed by atoms with Crippen LogP contribution in [0.15, 0.2) is 12.1 Å². The fraction of sp³-hybridized carbons (Fsp3) is 0.538. The summed E-state index contributed by atoms with van der Waals surface area (Å²) in [5.41, 5.74) is 24.7. The van der Waals surface area contributed by atoms with E-state index in [1.165, 1.54) is 44.5 Å². The van der Waals surface area contributed by atoms with Gasteiger partial charge in [0, 0.05) is 11.4 Å². The molecule has 0 saturated carbocycles. The minimum absolute atomic E-state index is 0.107. The van der Waals surface area contributed by atoms with Crippen molar-refractivity contribution >= 4 is 11.4 Å². The summed E-state index contributed by atoms with van der Waals surface area (Å²) < 4.78 is 0. The van der Waals surface area contributed by atoms with Gasteiger partial charge in [-0.05, 0) is 91.3 Å². The molecular weight excluding hydrogens is 340 g/mol. The third kappa shape index (κ3) is 5.10. The van der Waals surface area contributed by atoms with E-state index in [9.17, 15) is 0 Å². The molecule has 0 aliphatic carbocycles. The zero-order valence-electron chi connectivity index (χ0n) is 20.3. The number of anilines is 2. The van der Waals surface area contributed by atoms with Gasteiger partial charge in [-0.3, -0.25) is 0 Å². The number of nitrogens with two attached hydrogens (primary N) is 2. The van der Waals surface area contributed by atoms with E-state index in [2.05, 4.69) is 95.2 Å². The zero-order chi connectivity index (χ0) is 22.2. The van der Waals surface area contributed by atoms with Crippen molar-refractivity contribution in [2.75, 3.05) is 11.5 Å². The van der Waals surface area contributed by atoms with Crippen LogP contribution in [0.2, 0.25) is 0 Å². The molecule has 0 unspecified atom stereocenters. The first-order valence-electron chi connectivity index (χ1n) is 10.2. The van der Waals surface area contributed by atoms with Crippen LogP contribution in [0.25, 0.3) is 0 Å². The fourth-order valence-corrected chi connectivity index (χ4v) is 3.57. The van der Waals surface area contributed by atoms with E-state index in [0.717, 1.165) is 11.4 Å². The van der Waals surface area contributed by atoms with Crippen molar-refractivity contribution in [3.05, 3.63) is 56.6 Å². The van der Waals surface area contributed by atoms with Gasteiger partial charge in [0.05, 0.1) is 0 Å². The molecule has 2 rings (SSSR count). The largest absolute Gasteiger partial charge is 0.398 e. The van der Waals surface area contributed by atoms with Crippen molar-refractivity contribution in [2.45, 2.75) is 93.9 Å². The van der Waals surface area contributed by atoms with Crippen LogP contribution in [0, 0.1) is 41.5 Å².